The second kappa shape index (κ2) is 4.57. The number of halogens is 2. The molecule has 3 nitrogen and oxygen atoms in total. The number of carbonyl (C=O) groups is 1. The predicted octanol–water partition coefficient (Wildman–Crippen LogP) is 0.629. The van der Waals surface area contributed by atoms with Crippen LogP contribution in [0.4, 0.5) is 14.5 Å². The van der Waals surface area contributed by atoms with Gasteiger partial charge >= 0.3 is 0 Å². The van der Waals surface area contributed by atoms with Crippen LogP contribution in [0.5, 0.6) is 0 Å². The molecule has 1 atom stereocenters. The van der Waals surface area contributed by atoms with Crippen LogP contribution < -0.4 is 10.6 Å². The van der Waals surface area contributed by atoms with Crippen molar-refractivity contribution in [1.29, 1.82) is 0 Å². The second-order valence-corrected chi connectivity index (χ2v) is 3.89. The Kier molecular flexibility index (Phi) is 3.14. The van der Waals surface area contributed by atoms with Crippen LogP contribution in [0.25, 0.3) is 0 Å². The first-order valence-corrected chi connectivity index (χ1v) is 5.26. The smallest absolute Gasteiger partial charge is 0.282 e. The highest BCUT2D eigenvalue weighted by atomic mass is 19.1. The number of amides is 1. The van der Waals surface area contributed by atoms with Crippen molar-refractivity contribution in [1.82, 2.24) is 0 Å². The van der Waals surface area contributed by atoms with Crippen LogP contribution in [0.3, 0.4) is 0 Å². The molecule has 0 aromatic heterocycles. The third-order valence-electron chi connectivity index (χ3n) is 2.70. The van der Waals surface area contributed by atoms with Crippen molar-refractivity contribution in [3.8, 4) is 0 Å². The third kappa shape index (κ3) is 2.36. The summed E-state index contributed by atoms with van der Waals surface area (Å²) in [6.45, 7) is 0.921. The normalized spacial score (nSPS) is 19.8. The minimum absolute atomic E-state index is 0.0340. The lowest BCUT2D eigenvalue weighted by Gasteiger charge is -2.09. The summed E-state index contributed by atoms with van der Waals surface area (Å²) >= 11 is 0. The van der Waals surface area contributed by atoms with Crippen molar-refractivity contribution in [3.63, 3.8) is 0 Å². The predicted molar refractivity (Wildman–Crippen MR) is 54.8 cm³/mol. The average molecular weight is 227 g/mol. The zero-order valence-corrected chi connectivity index (χ0v) is 8.67. The number of hydrogen-bond acceptors (Lipinski definition) is 1. The van der Waals surface area contributed by atoms with Crippen LogP contribution in [0.2, 0.25) is 0 Å². The number of quaternary nitrogens is 1. The van der Waals surface area contributed by atoms with Gasteiger partial charge in [0.05, 0.1) is 12.2 Å². The molecule has 0 spiro atoms. The summed E-state index contributed by atoms with van der Waals surface area (Å²) in [5.41, 5.74) is 0.0340. The van der Waals surface area contributed by atoms with E-state index in [4.69, 9.17) is 0 Å². The molecule has 1 aliphatic heterocycles. The van der Waals surface area contributed by atoms with Gasteiger partial charge in [0.1, 0.15) is 11.6 Å². The van der Waals surface area contributed by atoms with Crippen molar-refractivity contribution >= 4 is 11.6 Å². The van der Waals surface area contributed by atoms with Gasteiger partial charge in [-0.1, -0.05) is 0 Å². The van der Waals surface area contributed by atoms with Gasteiger partial charge in [0, 0.05) is 18.9 Å². The topological polar surface area (TPSA) is 45.7 Å². The first-order chi connectivity index (χ1) is 7.66. The molecule has 86 valence electrons. The maximum Gasteiger partial charge on any atom is 0.282 e. The summed E-state index contributed by atoms with van der Waals surface area (Å²) in [5.74, 6) is -1.61. The van der Waals surface area contributed by atoms with E-state index in [1.165, 1.54) is 6.07 Å². The van der Waals surface area contributed by atoms with Crippen molar-refractivity contribution in [2.45, 2.75) is 18.9 Å². The maximum absolute atomic E-state index is 13.2. The fourth-order valence-electron chi connectivity index (χ4n) is 1.83. The van der Waals surface area contributed by atoms with Crippen LogP contribution in [-0.4, -0.2) is 18.5 Å². The summed E-state index contributed by atoms with van der Waals surface area (Å²) in [5, 5.41) is 4.39. The first-order valence-electron chi connectivity index (χ1n) is 5.26. The van der Waals surface area contributed by atoms with Crippen LogP contribution in [-0.2, 0) is 4.79 Å². The van der Waals surface area contributed by atoms with E-state index in [2.05, 4.69) is 5.32 Å². The molecule has 1 aromatic carbocycles. The SMILES string of the molecule is O=C(Nc1ccc(F)cc1F)[C@@H]1CCC[NH2+]1. The largest absolute Gasteiger partial charge is 0.336 e. The van der Waals surface area contributed by atoms with Crippen molar-refractivity contribution in [3.05, 3.63) is 29.8 Å². The van der Waals surface area contributed by atoms with Crippen molar-refractivity contribution < 1.29 is 18.9 Å². The zero-order valence-electron chi connectivity index (χ0n) is 8.67. The molecular formula is C11H13F2N2O+. The maximum atomic E-state index is 13.2. The fraction of sp³-hybridized carbons (Fsp3) is 0.364. The highest BCUT2D eigenvalue weighted by Gasteiger charge is 2.26. The molecule has 1 saturated heterocycles. The van der Waals surface area contributed by atoms with E-state index in [1.807, 2.05) is 5.32 Å². The quantitative estimate of drug-likeness (QED) is 0.764. The van der Waals surface area contributed by atoms with Crippen molar-refractivity contribution in [2.24, 2.45) is 0 Å². The molecule has 0 unspecified atom stereocenters. The van der Waals surface area contributed by atoms with E-state index in [-0.39, 0.29) is 17.6 Å². The summed E-state index contributed by atoms with van der Waals surface area (Å²) in [6, 6.07) is 2.96. The molecule has 0 bridgehead atoms. The Morgan fingerprint density at radius 1 is 1.44 bits per heavy atom. The molecule has 0 saturated carbocycles. The number of nitrogens with one attached hydrogen (secondary N) is 1. The van der Waals surface area contributed by atoms with Gasteiger partial charge in [0.2, 0.25) is 0 Å². The van der Waals surface area contributed by atoms with Crippen LogP contribution in [0.15, 0.2) is 18.2 Å². The molecule has 3 N–H and O–H groups in total. The molecule has 1 aromatic rings. The number of benzene rings is 1. The average Bonchev–Trinajstić information content (AvgIpc) is 2.75. The Morgan fingerprint density at radius 3 is 2.88 bits per heavy atom. The number of anilines is 1. The Bertz CT molecular complexity index is 403. The summed E-state index contributed by atoms with van der Waals surface area (Å²) < 4.78 is 25.9. The van der Waals surface area contributed by atoms with Crippen molar-refractivity contribution in [2.75, 3.05) is 11.9 Å². The third-order valence-corrected chi connectivity index (χ3v) is 2.70. The molecule has 1 amide bonds. The molecule has 1 aliphatic rings. The lowest BCUT2D eigenvalue weighted by molar-refractivity contribution is -0.656. The van der Waals surface area contributed by atoms with Gasteiger partial charge in [-0.25, -0.2) is 8.78 Å². The minimum atomic E-state index is -0.744. The molecule has 5 heteroatoms. The van der Waals surface area contributed by atoms with Gasteiger partial charge in [-0.05, 0) is 12.1 Å². The van der Waals surface area contributed by atoms with Gasteiger partial charge in [0.15, 0.2) is 6.04 Å². The van der Waals surface area contributed by atoms with Gasteiger partial charge < -0.3 is 10.6 Å². The fourth-order valence-corrected chi connectivity index (χ4v) is 1.83. The van der Waals surface area contributed by atoms with E-state index < -0.39 is 11.6 Å². The monoisotopic (exact) mass is 227 g/mol. The number of nitrogens with two attached hydrogens (primary N) is 1. The van der Waals surface area contributed by atoms with Gasteiger partial charge in [-0.2, -0.15) is 0 Å². The molecule has 0 aliphatic carbocycles. The van der Waals surface area contributed by atoms with Gasteiger partial charge in [0.25, 0.3) is 5.91 Å². The molecule has 1 heterocycles. The number of rotatable bonds is 2. The Balaban J connectivity index is 2.05. The van der Waals surface area contributed by atoms with Gasteiger partial charge in [-0.3, -0.25) is 4.79 Å². The Labute approximate surface area is 91.8 Å². The molecule has 0 radical (unpaired) electrons. The number of hydrogen-bond donors (Lipinski definition) is 2. The molecule has 2 rings (SSSR count). The standard InChI is InChI=1S/C11H12F2N2O/c12-7-3-4-9(8(13)6-7)15-11(16)10-2-1-5-14-10/h3-4,6,10,14H,1-2,5H2,(H,15,16)/p+1/t10-/m0/s1. The first kappa shape index (κ1) is 11.0. The Morgan fingerprint density at radius 2 is 2.25 bits per heavy atom. The van der Waals surface area contributed by atoms with Crippen LogP contribution in [0.1, 0.15) is 12.8 Å². The lowest BCUT2D eigenvalue weighted by atomic mass is 10.2. The van der Waals surface area contributed by atoms with E-state index in [9.17, 15) is 13.6 Å². The summed E-state index contributed by atoms with van der Waals surface area (Å²) in [7, 11) is 0. The molecule has 1 fully saturated rings. The molecule has 16 heavy (non-hydrogen) atoms. The summed E-state index contributed by atoms with van der Waals surface area (Å²) in [4.78, 5) is 11.6. The zero-order chi connectivity index (χ0) is 11.5. The highest BCUT2D eigenvalue weighted by molar-refractivity contribution is 5.93. The van der Waals surface area contributed by atoms with E-state index in [1.54, 1.807) is 0 Å². The van der Waals surface area contributed by atoms with E-state index in [0.29, 0.717) is 0 Å². The van der Waals surface area contributed by atoms with E-state index >= 15 is 0 Å². The number of carbonyl (C=O) groups excluding carboxylic acids is 1. The highest BCUT2D eigenvalue weighted by Crippen LogP contribution is 2.15. The van der Waals surface area contributed by atoms with Crippen LogP contribution >= 0.6 is 0 Å². The van der Waals surface area contributed by atoms with Gasteiger partial charge in [-0.15, -0.1) is 0 Å². The lowest BCUT2D eigenvalue weighted by Crippen LogP contribution is -2.88. The Hall–Kier alpha value is -1.49. The van der Waals surface area contributed by atoms with E-state index in [0.717, 1.165) is 31.5 Å². The van der Waals surface area contributed by atoms with Crippen LogP contribution in [0, 0.1) is 11.6 Å². The minimum Gasteiger partial charge on any atom is -0.336 e. The second-order valence-electron chi connectivity index (χ2n) is 3.89. The summed E-state index contributed by atoms with van der Waals surface area (Å²) in [6.07, 6.45) is 1.79. The molecular weight excluding hydrogens is 214 g/mol.